The van der Waals surface area contributed by atoms with Crippen molar-refractivity contribution in [2.45, 2.75) is 26.2 Å². The second kappa shape index (κ2) is 5.38. The lowest BCUT2D eigenvalue weighted by Gasteiger charge is -2.04. The number of hydrogen-bond donors (Lipinski definition) is 1. The average molecular weight is 230 g/mol. The molecule has 0 aliphatic carbocycles. The van der Waals surface area contributed by atoms with Crippen LogP contribution in [0.2, 0.25) is 10.0 Å². The third-order valence-electron chi connectivity index (χ3n) is 2.05. The van der Waals surface area contributed by atoms with Crippen LogP contribution in [0.25, 0.3) is 0 Å². The molecule has 0 aliphatic rings. The van der Waals surface area contributed by atoms with Crippen molar-refractivity contribution in [1.82, 2.24) is 0 Å². The van der Waals surface area contributed by atoms with Crippen LogP contribution in [0.5, 0.6) is 0 Å². The fraction of sp³-hybridized carbons (Fsp3) is 0.364. The maximum absolute atomic E-state index is 7.80. The minimum atomic E-state index is 0.519. The first-order valence-corrected chi connectivity index (χ1v) is 5.43. The Morgan fingerprint density at radius 2 is 2.00 bits per heavy atom. The topological polar surface area (TPSA) is 23.9 Å². The van der Waals surface area contributed by atoms with Gasteiger partial charge < -0.3 is 5.41 Å². The molecular formula is C11H13Cl2N. The Kier molecular flexibility index (Phi) is 4.43. The molecule has 1 aromatic carbocycles. The van der Waals surface area contributed by atoms with Gasteiger partial charge in [0.25, 0.3) is 0 Å². The molecule has 0 heterocycles. The van der Waals surface area contributed by atoms with E-state index in [4.69, 9.17) is 28.6 Å². The summed E-state index contributed by atoms with van der Waals surface area (Å²) in [6.07, 6.45) is 2.94. The monoisotopic (exact) mass is 229 g/mol. The van der Waals surface area contributed by atoms with Crippen molar-refractivity contribution in [3.8, 4) is 0 Å². The maximum atomic E-state index is 7.80. The smallest absolute Gasteiger partial charge is 0.0598 e. The molecule has 0 spiro atoms. The van der Waals surface area contributed by atoms with Crippen LogP contribution in [0.3, 0.4) is 0 Å². The van der Waals surface area contributed by atoms with Crippen molar-refractivity contribution in [2.75, 3.05) is 0 Å². The molecule has 0 aliphatic heterocycles. The van der Waals surface area contributed by atoms with Crippen molar-refractivity contribution in [2.24, 2.45) is 0 Å². The Morgan fingerprint density at radius 3 is 2.57 bits per heavy atom. The summed E-state index contributed by atoms with van der Waals surface area (Å²) < 4.78 is 0. The van der Waals surface area contributed by atoms with Gasteiger partial charge >= 0.3 is 0 Å². The Hall–Kier alpha value is -0.530. The van der Waals surface area contributed by atoms with Gasteiger partial charge in [0, 0.05) is 5.71 Å². The van der Waals surface area contributed by atoms with Crippen molar-refractivity contribution in [1.29, 1.82) is 5.41 Å². The third-order valence-corrected chi connectivity index (χ3v) is 2.79. The molecular weight excluding hydrogens is 217 g/mol. The molecule has 1 N–H and O–H groups in total. The summed E-state index contributed by atoms with van der Waals surface area (Å²) in [6.45, 7) is 2.11. The highest BCUT2D eigenvalue weighted by molar-refractivity contribution is 6.42. The molecule has 0 amide bonds. The van der Waals surface area contributed by atoms with E-state index in [0.29, 0.717) is 15.8 Å². The molecule has 1 aromatic rings. The summed E-state index contributed by atoms with van der Waals surface area (Å²) in [5.41, 5.74) is 1.50. The van der Waals surface area contributed by atoms with Crippen LogP contribution >= 0.6 is 23.2 Å². The highest BCUT2D eigenvalue weighted by atomic mass is 35.5. The Balaban J connectivity index is 2.76. The van der Waals surface area contributed by atoms with Gasteiger partial charge in [-0.15, -0.1) is 0 Å². The molecule has 0 aromatic heterocycles. The highest BCUT2D eigenvalue weighted by Gasteiger charge is 2.03. The van der Waals surface area contributed by atoms with Gasteiger partial charge in [0.15, 0.2) is 0 Å². The van der Waals surface area contributed by atoms with Crippen molar-refractivity contribution >= 4 is 28.9 Å². The summed E-state index contributed by atoms with van der Waals surface area (Å²) >= 11 is 11.7. The Bertz CT molecular complexity index is 334. The summed E-state index contributed by atoms with van der Waals surface area (Å²) in [6, 6.07) is 5.33. The predicted molar refractivity (Wildman–Crippen MR) is 62.8 cm³/mol. The van der Waals surface area contributed by atoms with Gasteiger partial charge in [0.05, 0.1) is 10.0 Å². The summed E-state index contributed by atoms with van der Waals surface area (Å²) in [5.74, 6) is 0. The first kappa shape index (κ1) is 11.5. The second-order valence-electron chi connectivity index (χ2n) is 3.21. The van der Waals surface area contributed by atoms with Gasteiger partial charge in [-0.05, 0) is 30.5 Å². The normalized spacial score (nSPS) is 10.2. The van der Waals surface area contributed by atoms with E-state index in [1.807, 2.05) is 6.07 Å². The van der Waals surface area contributed by atoms with E-state index >= 15 is 0 Å². The molecule has 0 bridgehead atoms. The minimum absolute atomic E-state index is 0.519. The van der Waals surface area contributed by atoms with E-state index in [2.05, 4.69) is 6.92 Å². The third kappa shape index (κ3) is 3.00. The average Bonchev–Trinajstić information content (AvgIpc) is 2.18. The van der Waals surface area contributed by atoms with Gasteiger partial charge in [0.2, 0.25) is 0 Å². The van der Waals surface area contributed by atoms with E-state index in [9.17, 15) is 0 Å². The van der Waals surface area contributed by atoms with Crippen LogP contribution in [0.15, 0.2) is 18.2 Å². The quantitative estimate of drug-likeness (QED) is 0.733. The predicted octanol–water partition coefficient (Wildman–Crippen LogP) is 4.55. The zero-order valence-electron chi connectivity index (χ0n) is 8.11. The van der Waals surface area contributed by atoms with Crippen molar-refractivity contribution in [3.63, 3.8) is 0 Å². The van der Waals surface area contributed by atoms with Gasteiger partial charge in [-0.25, -0.2) is 0 Å². The van der Waals surface area contributed by atoms with Crippen LogP contribution in [-0.4, -0.2) is 5.71 Å². The van der Waals surface area contributed by atoms with Gasteiger partial charge in [-0.2, -0.15) is 0 Å². The van der Waals surface area contributed by atoms with E-state index in [1.54, 1.807) is 12.1 Å². The Morgan fingerprint density at radius 1 is 1.29 bits per heavy atom. The lowest BCUT2D eigenvalue weighted by molar-refractivity contribution is 0.833. The fourth-order valence-electron chi connectivity index (χ4n) is 1.18. The molecule has 0 saturated carbocycles. The minimum Gasteiger partial charge on any atom is -0.305 e. The number of rotatable bonds is 4. The number of unbranched alkanes of at least 4 members (excludes halogenated alkanes) is 1. The van der Waals surface area contributed by atoms with Crippen LogP contribution in [-0.2, 0) is 0 Å². The Labute approximate surface area is 94.5 Å². The summed E-state index contributed by atoms with van der Waals surface area (Å²) in [4.78, 5) is 0. The van der Waals surface area contributed by atoms with E-state index in [0.717, 1.165) is 24.8 Å². The van der Waals surface area contributed by atoms with E-state index < -0.39 is 0 Å². The van der Waals surface area contributed by atoms with Crippen molar-refractivity contribution < 1.29 is 0 Å². The van der Waals surface area contributed by atoms with Gasteiger partial charge in [-0.1, -0.05) is 42.6 Å². The molecule has 0 fully saturated rings. The van der Waals surface area contributed by atoms with Crippen molar-refractivity contribution in [3.05, 3.63) is 33.8 Å². The van der Waals surface area contributed by atoms with Crippen LogP contribution in [0.4, 0.5) is 0 Å². The summed E-state index contributed by atoms with van der Waals surface area (Å²) in [5, 5.41) is 8.86. The zero-order valence-corrected chi connectivity index (χ0v) is 9.62. The molecule has 0 radical (unpaired) electrons. The summed E-state index contributed by atoms with van der Waals surface area (Å²) in [7, 11) is 0. The molecule has 0 unspecified atom stereocenters. The molecule has 0 saturated heterocycles. The number of nitrogens with one attached hydrogen (secondary N) is 1. The second-order valence-corrected chi connectivity index (χ2v) is 4.03. The molecule has 14 heavy (non-hydrogen) atoms. The van der Waals surface area contributed by atoms with E-state index in [-0.39, 0.29) is 0 Å². The molecule has 3 heteroatoms. The maximum Gasteiger partial charge on any atom is 0.0598 e. The van der Waals surface area contributed by atoms with Gasteiger partial charge in [-0.3, -0.25) is 0 Å². The lowest BCUT2D eigenvalue weighted by atomic mass is 10.1. The SMILES string of the molecule is CCCCC(=N)c1ccc(Cl)c(Cl)c1. The molecule has 0 atom stereocenters. The first-order valence-electron chi connectivity index (χ1n) is 4.68. The fourth-order valence-corrected chi connectivity index (χ4v) is 1.48. The molecule has 76 valence electrons. The first-order chi connectivity index (χ1) is 6.65. The number of halogens is 2. The van der Waals surface area contributed by atoms with Crippen LogP contribution in [0.1, 0.15) is 31.7 Å². The molecule has 1 rings (SSSR count). The van der Waals surface area contributed by atoms with Crippen LogP contribution < -0.4 is 0 Å². The molecule has 1 nitrogen and oxygen atoms in total. The number of hydrogen-bond acceptors (Lipinski definition) is 1. The zero-order chi connectivity index (χ0) is 10.6. The standard InChI is InChI=1S/C11H13Cl2N/c1-2-3-4-11(14)8-5-6-9(12)10(13)7-8/h5-7,14H,2-4H2,1H3. The lowest BCUT2D eigenvalue weighted by Crippen LogP contribution is -1.98. The van der Waals surface area contributed by atoms with E-state index in [1.165, 1.54) is 0 Å². The number of benzene rings is 1. The largest absolute Gasteiger partial charge is 0.305 e. The van der Waals surface area contributed by atoms with Crippen LogP contribution in [0, 0.1) is 5.41 Å². The highest BCUT2D eigenvalue weighted by Crippen LogP contribution is 2.23. The van der Waals surface area contributed by atoms with Gasteiger partial charge in [0.1, 0.15) is 0 Å².